The van der Waals surface area contributed by atoms with E-state index >= 15 is 0 Å². The van der Waals surface area contributed by atoms with Crippen molar-refractivity contribution in [1.82, 2.24) is 29.4 Å². The fourth-order valence-electron chi connectivity index (χ4n) is 4.13. The Kier molecular flexibility index (Phi) is 5.57. The molecule has 0 aliphatic heterocycles. The highest BCUT2D eigenvalue weighted by atomic mass is 19.1. The van der Waals surface area contributed by atoms with Crippen LogP contribution in [0.5, 0.6) is 0 Å². The van der Waals surface area contributed by atoms with Gasteiger partial charge in [-0.25, -0.2) is 23.6 Å². The predicted octanol–water partition coefficient (Wildman–Crippen LogP) is 5.18. The zero-order valence-electron chi connectivity index (χ0n) is 19.6. The van der Waals surface area contributed by atoms with Crippen molar-refractivity contribution in [1.29, 1.82) is 0 Å². The van der Waals surface area contributed by atoms with Gasteiger partial charge in [0.2, 0.25) is 0 Å². The largest absolute Gasteiger partial charge is 0.353 e. The van der Waals surface area contributed by atoms with Crippen molar-refractivity contribution in [3.05, 3.63) is 90.0 Å². The molecule has 0 aliphatic rings. The molecule has 0 spiro atoms. The lowest BCUT2D eigenvalue weighted by molar-refractivity contribution is 0.627. The van der Waals surface area contributed by atoms with Crippen LogP contribution in [0.4, 0.5) is 10.2 Å². The van der Waals surface area contributed by atoms with E-state index in [0.717, 1.165) is 40.0 Å². The van der Waals surface area contributed by atoms with Crippen LogP contribution in [-0.2, 0) is 6.42 Å². The van der Waals surface area contributed by atoms with Crippen molar-refractivity contribution in [3.8, 4) is 16.9 Å². The lowest BCUT2D eigenvalue weighted by Gasteiger charge is -2.26. The molecule has 0 fully saturated rings. The normalized spacial score (nSPS) is 12.3. The van der Waals surface area contributed by atoms with Gasteiger partial charge in [-0.05, 0) is 61.2 Å². The molecular weight excluding hydrogens is 429 g/mol. The standard InChI is InChI=1S/C26H26FN7/c1-5-19-10-23(26-17(2)11-30-34(26)15-19)21-7-8-24(28-13-21)32(4)18(3)20-6-9-25(29-12-20)33-16-22(27)14-31-33/h6-16,18H,5H2,1-4H3/t18-/m0/s1. The second-order valence-electron chi connectivity index (χ2n) is 8.48. The van der Waals surface area contributed by atoms with Crippen LogP contribution >= 0.6 is 0 Å². The summed E-state index contributed by atoms with van der Waals surface area (Å²) in [6.07, 6.45) is 11.1. The van der Waals surface area contributed by atoms with Gasteiger partial charge < -0.3 is 4.90 Å². The van der Waals surface area contributed by atoms with Crippen LogP contribution < -0.4 is 4.90 Å². The molecule has 1 atom stereocenters. The molecule has 5 aromatic rings. The van der Waals surface area contributed by atoms with E-state index < -0.39 is 0 Å². The lowest BCUT2D eigenvalue weighted by Crippen LogP contribution is -2.22. The third-order valence-electron chi connectivity index (χ3n) is 6.30. The molecule has 172 valence electrons. The summed E-state index contributed by atoms with van der Waals surface area (Å²) in [7, 11) is 2.01. The minimum atomic E-state index is -0.390. The van der Waals surface area contributed by atoms with Crippen molar-refractivity contribution in [3.63, 3.8) is 0 Å². The van der Waals surface area contributed by atoms with Gasteiger partial charge in [0, 0.05) is 36.8 Å². The minimum absolute atomic E-state index is 0.0430. The Balaban J connectivity index is 1.39. The molecule has 0 aromatic carbocycles. The summed E-state index contributed by atoms with van der Waals surface area (Å²) in [5.41, 5.74) is 6.70. The molecule has 7 nitrogen and oxygen atoms in total. The molecule has 8 heteroatoms. The van der Waals surface area contributed by atoms with Gasteiger partial charge in [-0.1, -0.05) is 13.0 Å². The Hall–Kier alpha value is -4.07. The van der Waals surface area contributed by atoms with Crippen LogP contribution in [0.15, 0.2) is 67.5 Å². The van der Waals surface area contributed by atoms with E-state index in [1.54, 1.807) is 6.20 Å². The Morgan fingerprint density at radius 3 is 2.50 bits per heavy atom. The summed E-state index contributed by atoms with van der Waals surface area (Å²) in [5.74, 6) is 1.04. The molecule has 34 heavy (non-hydrogen) atoms. The molecule has 0 aliphatic carbocycles. The molecule has 5 aromatic heterocycles. The molecule has 0 bridgehead atoms. The Morgan fingerprint density at radius 2 is 1.85 bits per heavy atom. The van der Waals surface area contributed by atoms with Crippen molar-refractivity contribution < 1.29 is 4.39 Å². The molecule has 5 heterocycles. The van der Waals surface area contributed by atoms with Crippen molar-refractivity contribution in [2.75, 3.05) is 11.9 Å². The summed E-state index contributed by atoms with van der Waals surface area (Å²) in [4.78, 5) is 11.3. The van der Waals surface area contributed by atoms with E-state index in [1.165, 1.54) is 22.6 Å². The van der Waals surface area contributed by atoms with Gasteiger partial charge in [-0.15, -0.1) is 0 Å². The molecule has 0 saturated heterocycles. The number of pyridine rings is 3. The number of hydrogen-bond acceptors (Lipinski definition) is 5. The summed E-state index contributed by atoms with van der Waals surface area (Å²) in [6, 6.07) is 10.2. The topological polar surface area (TPSA) is 64.1 Å². The molecular formula is C26H26FN7. The number of hydrogen-bond donors (Lipinski definition) is 0. The molecule has 0 amide bonds. The van der Waals surface area contributed by atoms with Crippen LogP contribution in [0.3, 0.4) is 0 Å². The number of aryl methyl sites for hydroxylation is 2. The zero-order chi connectivity index (χ0) is 23.8. The number of halogens is 1. The molecule has 0 N–H and O–H groups in total. The van der Waals surface area contributed by atoms with Crippen LogP contribution in [0.1, 0.15) is 36.6 Å². The quantitative estimate of drug-likeness (QED) is 0.353. The van der Waals surface area contributed by atoms with Crippen LogP contribution in [0.25, 0.3) is 22.5 Å². The Bertz CT molecular complexity index is 1430. The monoisotopic (exact) mass is 455 g/mol. The summed E-state index contributed by atoms with van der Waals surface area (Å²) >= 11 is 0. The maximum Gasteiger partial charge on any atom is 0.161 e. The first-order valence-corrected chi connectivity index (χ1v) is 11.3. The predicted molar refractivity (Wildman–Crippen MR) is 131 cm³/mol. The number of nitrogens with zero attached hydrogens (tertiary/aromatic N) is 7. The van der Waals surface area contributed by atoms with Gasteiger partial charge in [0.25, 0.3) is 0 Å². The second kappa shape index (κ2) is 8.70. The van der Waals surface area contributed by atoms with E-state index in [9.17, 15) is 4.39 Å². The molecule has 0 unspecified atom stereocenters. The number of fused-ring (bicyclic) bond motifs is 1. The third kappa shape index (κ3) is 3.91. The van der Waals surface area contributed by atoms with Gasteiger partial charge >= 0.3 is 0 Å². The first-order chi connectivity index (χ1) is 16.4. The van der Waals surface area contributed by atoms with E-state index in [4.69, 9.17) is 4.98 Å². The summed E-state index contributed by atoms with van der Waals surface area (Å²) < 4.78 is 16.6. The first-order valence-electron chi connectivity index (χ1n) is 11.3. The van der Waals surface area contributed by atoms with Gasteiger partial charge in [-0.3, -0.25) is 0 Å². The van der Waals surface area contributed by atoms with E-state index in [1.807, 2.05) is 42.2 Å². The van der Waals surface area contributed by atoms with Crippen molar-refractivity contribution in [2.45, 2.75) is 33.2 Å². The Labute approximate surface area is 197 Å². The second-order valence-corrected chi connectivity index (χ2v) is 8.48. The minimum Gasteiger partial charge on any atom is -0.353 e. The first kappa shape index (κ1) is 21.8. The maximum atomic E-state index is 13.2. The van der Waals surface area contributed by atoms with Crippen LogP contribution in [0, 0.1) is 12.7 Å². The third-order valence-corrected chi connectivity index (χ3v) is 6.30. The summed E-state index contributed by atoms with van der Waals surface area (Å²) in [5, 5.41) is 8.46. The van der Waals surface area contributed by atoms with Crippen molar-refractivity contribution in [2.24, 2.45) is 0 Å². The van der Waals surface area contributed by atoms with Gasteiger partial charge in [0.05, 0.1) is 30.1 Å². The van der Waals surface area contributed by atoms with Gasteiger partial charge in [-0.2, -0.15) is 10.2 Å². The highest BCUT2D eigenvalue weighted by molar-refractivity contribution is 5.82. The van der Waals surface area contributed by atoms with E-state index in [-0.39, 0.29) is 11.9 Å². The van der Waals surface area contributed by atoms with Gasteiger partial charge in [0.1, 0.15) is 5.82 Å². The van der Waals surface area contributed by atoms with E-state index in [0.29, 0.717) is 5.82 Å². The van der Waals surface area contributed by atoms with Crippen LogP contribution in [-0.4, -0.2) is 36.4 Å². The average Bonchev–Trinajstić information content (AvgIpc) is 3.48. The van der Waals surface area contributed by atoms with E-state index in [2.05, 4.69) is 59.2 Å². The smallest absolute Gasteiger partial charge is 0.161 e. The fraction of sp³-hybridized carbons (Fsp3) is 0.231. The average molecular weight is 456 g/mol. The highest BCUT2D eigenvalue weighted by Crippen LogP contribution is 2.30. The van der Waals surface area contributed by atoms with Crippen molar-refractivity contribution >= 4 is 11.3 Å². The number of aromatic nitrogens is 6. The number of anilines is 1. The van der Waals surface area contributed by atoms with Crippen LogP contribution in [0.2, 0.25) is 0 Å². The zero-order valence-corrected chi connectivity index (χ0v) is 19.6. The summed E-state index contributed by atoms with van der Waals surface area (Å²) in [6.45, 7) is 6.33. The Morgan fingerprint density at radius 1 is 1.00 bits per heavy atom. The molecule has 0 radical (unpaired) electrons. The maximum absolute atomic E-state index is 13.2. The molecule has 5 rings (SSSR count). The fourth-order valence-corrected chi connectivity index (χ4v) is 4.13. The molecule has 0 saturated carbocycles. The van der Waals surface area contributed by atoms with Gasteiger partial charge in [0.15, 0.2) is 11.6 Å². The number of rotatable bonds is 6. The lowest BCUT2D eigenvalue weighted by atomic mass is 10.0. The SMILES string of the molecule is CCc1cc(-c2ccc(N(C)[C@@H](C)c3ccc(-n4cc(F)cn4)nc3)nc2)c2c(C)cnn2c1. The highest BCUT2D eigenvalue weighted by Gasteiger charge is 2.16.